The number of nitrogens with two attached hydrogens (primary N) is 1. The molecule has 0 spiro atoms. The zero-order valence-corrected chi connectivity index (χ0v) is 19.8. The molecule has 0 unspecified atom stereocenters. The molecule has 1 amide bonds. The summed E-state index contributed by atoms with van der Waals surface area (Å²) >= 11 is 0. The monoisotopic (exact) mass is 518 g/mol. The second-order valence-corrected chi connectivity index (χ2v) is 10.2. The average Bonchev–Trinajstić information content (AvgIpc) is 3.23. The lowest BCUT2D eigenvalue weighted by Gasteiger charge is -2.25. The van der Waals surface area contributed by atoms with E-state index < -0.39 is 34.2 Å². The van der Waals surface area contributed by atoms with Gasteiger partial charge in [0.05, 0.1) is 17.5 Å². The number of carbonyl (C=O) groups excluding carboxylic acids is 1. The average molecular weight is 519 g/mol. The lowest BCUT2D eigenvalue weighted by atomic mass is 9.91. The van der Waals surface area contributed by atoms with E-state index in [2.05, 4.69) is 0 Å². The number of carboxylic acid groups (broad SMARTS) is 1. The Bertz CT molecular complexity index is 1140. The Morgan fingerprint density at radius 2 is 1.51 bits per heavy atom. The SMILES string of the molecule is C[C@@H](c1ccc(-c2ccc(S(C)(=O)=O)cc2)cc1)[C@H](N)C(=O)N1CC[C@H](F)C1.O=C(O)C(F)(F)F. The Labute approximate surface area is 200 Å². The molecule has 2 aromatic carbocycles. The summed E-state index contributed by atoms with van der Waals surface area (Å²) in [5, 5.41) is 7.12. The first-order chi connectivity index (χ1) is 16.1. The summed E-state index contributed by atoms with van der Waals surface area (Å²) in [6, 6.07) is 13.7. The minimum absolute atomic E-state index is 0.127. The maximum atomic E-state index is 13.3. The maximum absolute atomic E-state index is 13.3. The van der Waals surface area contributed by atoms with E-state index >= 15 is 0 Å². The van der Waals surface area contributed by atoms with Crippen molar-refractivity contribution in [3.8, 4) is 11.1 Å². The highest BCUT2D eigenvalue weighted by molar-refractivity contribution is 7.90. The Hall–Kier alpha value is -2.99. The second-order valence-electron chi connectivity index (χ2n) is 8.21. The largest absolute Gasteiger partial charge is 0.490 e. The van der Waals surface area contributed by atoms with Gasteiger partial charge >= 0.3 is 12.1 Å². The Morgan fingerprint density at radius 1 is 1.06 bits per heavy atom. The number of carbonyl (C=O) groups is 2. The fourth-order valence-corrected chi connectivity index (χ4v) is 4.05. The highest BCUT2D eigenvalue weighted by Gasteiger charge is 2.38. The summed E-state index contributed by atoms with van der Waals surface area (Å²) in [7, 11) is -3.22. The summed E-state index contributed by atoms with van der Waals surface area (Å²) < 4.78 is 68.2. The van der Waals surface area contributed by atoms with Crippen LogP contribution in [0.25, 0.3) is 11.1 Å². The second kappa shape index (κ2) is 11.2. The van der Waals surface area contributed by atoms with Gasteiger partial charge in [0.1, 0.15) is 6.17 Å². The molecule has 1 aliphatic rings. The Balaban J connectivity index is 0.000000540. The topological polar surface area (TPSA) is 118 Å². The maximum Gasteiger partial charge on any atom is 0.490 e. The zero-order chi connectivity index (χ0) is 26.6. The zero-order valence-electron chi connectivity index (χ0n) is 19.0. The van der Waals surface area contributed by atoms with Crippen LogP contribution in [0.4, 0.5) is 17.6 Å². The minimum atomic E-state index is -5.08. The van der Waals surface area contributed by atoms with Gasteiger partial charge in [-0.1, -0.05) is 43.3 Å². The van der Waals surface area contributed by atoms with Gasteiger partial charge in [-0.2, -0.15) is 13.2 Å². The van der Waals surface area contributed by atoms with Crippen LogP contribution in [0, 0.1) is 0 Å². The van der Waals surface area contributed by atoms with Crippen LogP contribution in [-0.2, 0) is 19.4 Å². The van der Waals surface area contributed by atoms with E-state index in [-0.39, 0.29) is 23.3 Å². The van der Waals surface area contributed by atoms with Gasteiger partial charge in [0.15, 0.2) is 9.84 Å². The molecule has 2 aromatic rings. The van der Waals surface area contributed by atoms with Crippen molar-refractivity contribution in [2.45, 2.75) is 42.5 Å². The van der Waals surface area contributed by atoms with Crippen molar-refractivity contribution in [2.24, 2.45) is 5.73 Å². The third kappa shape index (κ3) is 7.76. The number of aliphatic carboxylic acids is 1. The fourth-order valence-electron chi connectivity index (χ4n) is 3.42. The predicted molar refractivity (Wildman–Crippen MR) is 121 cm³/mol. The van der Waals surface area contributed by atoms with Crippen LogP contribution in [0.3, 0.4) is 0 Å². The highest BCUT2D eigenvalue weighted by Crippen LogP contribution is 2.26. The molecule has 7 nitrogen and oxygen atoms in total. The molecule has 1 saturated heterocycles. The van der Waals surface area contributed by atoms with Crippen molar-refractivity contribution < 1.29 is 40.7 Å². The first kappa shape index (κ1) is 28.2. The number of sulfone groups is 1. The molecular formula is C23H26F4N2O5S. The van der Waals surface area contributed by atoms with Crippen molar-refractivity contribution in [3.05, 3.63) is 54.1 Å². The molecule has 1 aliphatic heterocycles. The minimum Gasteiger partial charge on any atom is -0.475 e. The number of halogens is 4. The van der Waals surface area contributed by atoms with Gasteiger partial charge in [-0.25, -0.2) is 17.6 Å². The Kier molecular flexibility index (Phi) is 9.01. The van der Waals surface area contributed by atoms with Crippen LogP contribution in [0.2, 0.25) is 0 Å². The summed E-state index contributed by atoms with van der Waals surface area (Å²) in [6.45, 7) is 2.44. The molecule has 3 rings (SSSR count). The lowest BCUT2D eigenvalue weighted by Crippen LogP contribution is -2.45. The van der Waals surface area contributed by atoms with E-state index in [0.717, 1.165) is 16.7 Å². The predicted octanol–water partition coefficient (Wildman–Crippen LogP) is 3.39. The number of amides is 1. The fraction of sp³-hybridized carbons (Fsp3) is 0.391. The van der Waals surface area contributed by atoms with E-state index in [4.69, 9.17) is 15.6 Å². The van der Waals surface area contributed by atoms with Gasteiger partial charge in [0, 0.05) is 18.7 Å². The third-order valence-corrected chi connectivity index (χ3v) is 6.69. The number of nitrogens with zero attached hydrogens (tertiary/aromatic N) is 1. The molecule has 12 heteroatoms. The molecule has 3 atom stereocenters. The number of carboxylic acids is 1. The highest BCUT2D eigenvalue weighted by atomic mass is 32.2. The number of hydrogen-bond acceptors (Lipinski definition) is 5. The number of rotatable bonds is 5. The number of benzene rings is 2. The lowest BCUT2D eigenvalue weighted by molar-refractivity contribution is -0.192. The van der Waals surface area contributed by atoms with E-state index in [0.29, 0.717) is 13.0 Å². The van der Waals surface area contributed by atoms with Gasteiger partial charge in [-0.3, -0.25) is 4.79 Å². The quantitative estimate of drug-likeness (QED) is 0.586. The Morgan fingerprint density at radius 3 is 1.89 bits per heavy atom. The number of likely N-dealkylation sites (tertiary alicyclic amines) is 1. The molecule has 35 heavy (non-hydrogen) atoms. The molecule has 0 aliphatic carbocycles. The molecule has 3 N–H and O–H groups in total. The molecule has 0 aromatic heterocycles. The molecular weight excluding hydrogens is 492 g/mol. The van der Waals surface area contributed by atoms with Gasteiger partial charge in [-0.05, 0) is 35.2 Å². The van der Waals surface area contributed by atoms with Crippen LogP contribution < -0.4 is 5.73 Å². The molecule has 0 saturated carbocycles. The summed E-state index contributed by atoms with van der Waals surface area (Å²) in [5.74, 6) is -3.17. The van der Waals surface area contributed by atoms with Crippen molar-refractivity contribution >= 4 is 21.7 Å². The molecule has 1 heterocycles. The van der Waals surface area contributed by atoms with Crippen molar-refractivity contribution in [2.75, 3.05) is 19.3 Å². The van der Waals surface area contributed by atoms with Gasteiger partial charge in [-0.15, -0.1) is 0 Å². The summed E-state index contributed by atoms with van der Waals surface area (Å²) in [5.41, 5.74) is 8.92. The van der Waals surface area contributed by atoms with Gasteiger partial charge in [0.25, 0.3) is 0 Å². The standard InChI is InChI=1S/C21H25FN2O3S.C2HF3O2/c1-14(20(23)21(25)24-12-11-18(22)13-24)15-3-5-16(6-4-15)17-7-9-19(10-8-17)28(2,26)27;3-2(4,5)1(6)7/h3-10,14,18,20H,11-13,23H2,1-2H3;(H,6,7)/t14-,18-,20-;/m0./s1. The number of alkyl halides is 4. The summed E-state index contributed by atoms with van der Waals surface area (Å²) in [4.78, 5) is 23.2. The van der Waals surface area contributed by atoms with Crippen LogP contribution in [0.15, 0.2) is 53.4 Å². The molecule has 1 fully saturated rings. The molecule has 0 radical (unpaired) electrons. The van der Waals surface area contributed by atoms with Gasteiger partial charge in [0.2, 0.25) is 5.91 Å². The van der Waals surface area contributed by atoms with Crippen molar-refractivity contribution in [1.82, 2.24) is 4.90 Å². The molecule has 192 valence electrons. The van der Waals surface area contributed by atoms with E-state index in [1.807, 2.05) is 31.2 Å². The van der Waals surface area contributed by atoms with Crippen LogP contribution in [0.5, 0.6) is 0 Å². The van der Waals surface area contributed by atoms with Crippen LogP contribution in [0.1, 0.15) is 24.8 Å². The van der Waals surface area contributed by atoms with Crippen LogP contribution >= 0.6 is 0 Å². The smallest absolute Gasteiger partial charge is 0.475 e. The summed E-state index contributed by atoms with van der Waals surface area (Å²) in [6.07, 6.45) is -4.49. The molecule has 0 bridgehead atoms. The van der Waals surface area contributed by atoms with E-state index in [1.165, 1.54) is 11.2 Å². The first-order valence-electron chi connectivity index (χ1n) is 10.5. The van der Waals surface area contributed by atoms with E-state index in [9.17, 15) is 30.8 Å². The van der Waals surface area contributed by atoms with Crippen molar-refractivity contribution in [1.29, 1.82) is 0 Å². The van der Waals surface area contributed by atoms with Crippen LogP contribution in [-0.4, -0.2) is 68.0 Å². The first-order valence-corrected chi connectivity index (χ1v) is 12.4. The third-order valence-electron chi connectivity index (χ3n) is 5.56. The van der Waals surface area contributed by atoms with Gasteiger partial charge < -0.3 is 15.7 Å². The number of hydrogen-bond donors (Lipinski definition) is 2. The van der Waals surface area contributed by atoms with E-state index in [1.54, 1.807) is 24.3 Å². The normalized spacial score (nSPS) is 17.8. The van der Waals surface area contributed by atoms with Crippen molar-refractivity contribution in [3.63, 3.8) is 0 Å².